The third-order valence-corrected chi connectivity index (χ3v) is 3.93. The second-order valence-electron chi connectivity index (χ2n) is 5.60. The second kappa shape index (κ2) is 7.85. The molecule has 1 aliphatic rings. The SMILES string of the molecule is CCCOc1cc(OC)ccc1C(=O)N1CCCC1CC(=O)O. The number of aliphatic carboxylic acids is 1. The molecule has 0 aliphatic carbocycles. The number of carboxylic acid groups (broad SMARTS) is 1. The van der Waals surface area contributed by atoms with Crippen LogP contribution in [0.2, 0.25) is 0 Å². The van der Waals surface area contributed by atoms with Gasteiger partial charge in [-0.1, -0.05) is 6.92 Å². The molecule has 126 valence electrons. The van der Waals surface area contributed by atoms with Gasteiger partial charge in [0, 0.05) is 18.7 Å². The first-order chi connectivity index (χ1) is 11.1. The Hall–Kier alpha value is -2.24. The minimum Gasteiger partial charge on any atom is -0.497 e. The van der Waals surface area contributed by atoms with Crippen molar-refractivity contribution in [3.05, 3.63) is 23.8 Å². The van der Waals surface area contributed by atoms with Crippen molar-refractivity contribution < 1.29 is 24.2 Å². The van der Waals surface area contributed by atoms with Crippen LogP contribution in [0.4, 0.5) is 0 Å². The molecule has 0 aromatic heterocycles. The van der Waals surface area contributed by atoms with Crippen LogP contribution in [0.5, 0.6) is 11.5 Å². The molecule has 1 aliphatic heterocycles. The van der Waals surface area contributed by atoms with E-state index in [0.717, 1.165) is 19.3 Å². The minimum absolute atomic E-state index is 0.0208. The first-order valence-electron chi connectivity index (χ1n) is 7.90. The Labute approximate surface area is 136 Å². The molecule has 0 saturated carbocycles. The fourth-order valence-corrected chi connectivity index (χ4v) is 2.81. The third-order valence-electron chi connectivity index (χ3n) is 3.93. The van der Waals surface area contributed by atoms with Gasteiger partial charge in [0.05, 0.1) is 25.7 Å². The van der Waals surface area contributed by atoms with E-state index in [1.165, 1.54) is 0 Å². The lowest BCUT2D eigenvalue weighted by Crippen LogP contribution is -2.37. The van der Waals surface area contributed by atoms with Gasteiger partial charge in [0.15, 0.2) is 0 Å². The highest BCUT2D eigenvalue weighted by atomic mass is 16.5. The van der Waals surface area contributed by atoms with E-state index in [-0.39, 0.29) is 18.4 Å². The molecular formula is C17H23NO5. The maximum Gasteiger partial charge on any atom is 0.305 e. The molecule has 1 heterocycles. The van der Waals surface area contributed by atoms with Crippen LogP contribution in [-0.2, 0) is 4.79 Å². The van der Waals surface area contributed by atoms with E-state index < -0.39 is 5.97 Å². The number of carboxylic acids is 1. The topological polar surface area (TPSA) is 76.1 Å². The van der Waals surface area contributed by atoms with Gasteiger partial charge >= 0.3 is 5.97 Å². The van der Waals surface area contributed by atoms with E-state index >= 15 is 0 Å². The zero-order valence-electron chi connectivity index (χ0n) is 13.6. The summed E-state index contributed by atoms with van der Waals surface area (Å²) in [6, 6.07) is 4.85. The zero-order valence-corrected chi connectivity index (χ0v) is 13.6. The number of methoxy groups -OCH3 is 1. The highest BCUT2D eigenvalue weighted by Crippen LogP contribution is 2.29. The summed E-state index contributed by atoms with van der Waals surface area (Å²) in [5.41, 5.74) is 0.455. The molecule has 1 aromatic rings. The van der Waals surface area contributed by atoms with Gasteiger partial charge in [0.1, 0.15) is 11.5 Å². The number of rotatable bonds is 7. The van der Waals surface area contributed by atoms with Gasteiger partial charge in [-0.25, -0.2) is 0 Å². The van der Waals surface area contributed by atoms with E-state index in [0.29, 0.717) is 30.2 Å². The molecule has 1 atom stereocenters. The fraction of sp³-hybridized carbons (Fsp3) is 0.529. The Morgan fingerprint density at radius 3 is 2.83 bits per heavy atom. The lowest BCUT2D eigenvalue weighted by Gasteiger charge is -2.24. The maximum absolute atomic E-state index is 12.8. The number of likely N-dealkylation sites (tertiary alicyclic amines) is 1. The fourth-order valence-electron chi connectivity index (χ4n) is 2.81. The number of benzene rings is 1. The van der Waals surface area contributed by atoms with Gasteiger partial charge in [0.2, 0.25) is 0 Å². The molecule has 2 rings (SSSR count). The molecule has 1 fully saturated rings. The summed E-state index contributed by atoms with van der Waals surface area (Å²) < 4.78 is 10.9. The summed E-state index contributed by atoms with van der Waals surface area (Å²) >= 11 is 0. The van der Waals surface area contributed by atoms with Gasteiger partial charge in [-0.05, 0) is 31.4 Å². The van der Waals surface area contributed by atoms with Crippen molar-refractivity contribution in [3.63, 3.8) is 0 Å². The smallest absolute Gasteiger partial charge is 0.305 e. The van der Waals surface area contributed by atoms with Gasteiger partial charge in [-0.2, -0.15) is 0 Å². The van der Waals surface area contributed by atoms with Gasteiger partial charge in [-0.15, -0.1) is 0 Å². The van der Waals surface area contributed by atoms with Crippen LogP contribution in [0.3, 0.4) is 0 Å². The number of hydrogen-bond donors (Lipinski definition) is 1. The van der Waals surface area contributed by atoms with Gasteiger partial charge in [-0.3, -0.25) is 9.59 Å². The Kier molecular flexibility index (Phi) is 5.84. The molecule has 0 bridgehead atoms. The molecule has 1 aromatic carbocycles. The Morgan fingerprint density at radius 2 is 2.17 bits per heavy atom. The van der Waals surface area contributed by atoms with E-state index in [4.69, 9.17) is 14.6 Å². The summed E-state index contributed by atoms with van der Waals surface area (Å²) in [6.07, 6.45) is 2.35. The van der Waals surface area contributed by atoms with E-state index in [1.54, 1.807) is 30.2 Å². The standard InChI is InChI=1S/C17H23NO5/c1-3-9-23-15-11-13(22-2)6-7-14(15)17(21)18-8-4-5-12(18)10-16(19)20/h6-7,11-12H,3-5,8-10H2,1-2H3,(H,19,20). The van der Waals surface area contributed by atoms with Crippen molar-refractivity contribution in [2.75, 3.05) is 20.3 Å². The van der Waals surface area contributed by atoms with Gasteiger partial charge in [0.25, 0.3) is 5.91 Å². The summed E-state index contributed by atoms with van der Waals surface area (Å²) in [6.45, 7) is 3.08. The highest BCUT2D eigenvalue weighted by molar-refractivity contribution is 5.97. The molecule has 0 radical (unpaired) electrons. The van der Waals surface area contributed by atoms with Crippen LogP contribution < -0.4 is 9.47 Å². The molecule has 6 heteroatoms. The van der Waals surface area contributed by atoms with Crippen molar-refractivity contribution in [2.24, 2.45) is 0 Å². The van der Waals surface area contributed by atoms with Crippen LogP contribution in [0.15, 0.2) is 18.2 Å². The maximum atomic E-state index is 12.8. The first-order valence-corrected chi connectivity index (χ1v) is 7.90. The average Bonchev–Trinajstić information content (AvgIpc) is 2.99. The number of carbonyl (C=O) groups is 2. The quantitative estimate of drug-likeness (QED) is 0.835. The monoisotopic (exact) mass is 321 g/mol. The molecule has 1 unspecified atom stereocenters. The number of amides is 1. The van der Waals surface area contributed by atoms with Crippen molar-refractivity contribution in [2.45, 2.75) is 38.6 Å². The van der Waals surface area contributed by atoms with E-state index in [2.05, 4.69) is 0 Å². The Morgan fingerprint density at radius 1 is 1.39 bits per heavy atom. The van der Waals surface area contributed by atoms with E-state index in [1.807, 2.05) is 6.92 Å². The predicted octanol–water partition coefficient (Wildman–Crippen LogP) is 2.56. The van der Waals surface area contributed by atoms with Crippen LogP contribution in [-0.4, -0.2) is 48.2 Å². The Balaban J connectivity index is 2.24. The summed E-state index contributed by atoms with van der Waals surface area (Å²) in [4.78, 5) is 25.5. The number of carbonyl (C=O) groups excluding carboxylic acids is 1. The van der Waals surface area contributed by atoms with E-state index in [9.17, 15) is 9.59 Å². The van der Waals surface area contributed by atoms with Gasteiger partial charge < -0.3 is 19.5 Å². The normalized spacial score (nSPS) is 17.1. The minimum atomic E-state index is -0.883. The number of ether oxygens (including phenoxy) is 2. The highest BCUT2D eigenvalue weighted by Gasteiger charge is 2.32. The molecular weight excluding hydrogens is 298 g/mol. The summed E-state index contributed by atoms with van der Waals surface area (Å²) in [7, 11) is 1.56. The lowest BCUT2D eigenvalue weighted by molar-refractivity contribution is -0.137. The molecule has 23 heavy (non-hydrogen) atoms. The van der Waals surface area contributed by atoms with Crippen LogP contribution in [0.1, 0.15) is 43.0 Å². The average molecular weight is 321 g/mol. The molecule has 1 N–H and O–H groups in total. The number of nitrogens with zero attached hydrogens (tertiary/aromatic N) is 1. The largest absolute Gasteiger partial charge is 0.497 e. The molecule has 1 amide bonds. The van der Waals surface area contributed by atoms with Crippen molar-refractivity contribution in [1.82, 2.24) is 4.90 Å². The van der Waals surface area contributed by atoms with Crippen LogP contribution >= 0.6 is 0 Å². The summed E-state index contributed by atoms with van der Waals surface area (Å²) in [5, 5.41) is 9.00. The Bertz CT molecular complexity index is 572. The first kappa shape index (κ1) is 17.1. The van der Waals surface area contributed by atoms with Crippen LogP contribution in [0, 0.1) is 0 Å². The van der Waals surface area contributed by atoms with Crippen LogP contribution in [0.25, 0.3) is 0 Å². The molecule has 1 saturated heterocycles. The third kappa shape index (κ3) is 4.15. The van der Waals surface area contributed by atoms with Crippen molar-refractivity contribution >= 4 is 11.9 Å². The molecule has 0 spiro atoms. The lowest BCUT2D eigenvalue weighted by atomic mass is 10.1. The summed E-state index contributed by atoms with van der Waals surface area (Å²) in [5.74, 6) is 0.0442. The second-order valence-corrected chi connectivity index (χ2v) is 5.60. The zero-order chi connectivity index (χ0) is 16.8. The predicted molar refractivity (Wildman–Crippen MR) is 85.1 cm³/mol. The number of hydrogen-bond acceptors (Lipinski definition) is 4. The van der Waals surface area contributed by atoms with Crippen molar-refractivity contribution in [1.29, 1.82) is 0 Å². The molecule has 6 nitrogen and oxygen atoms in total. The van der Waals surface area contributed by atoms with Crippen molar-refractivity contribution in [3.8, 4) is 11.5 Å².